The minimum Gasteiger partial charge on any atom is -0.493 e. The molecule has 3 rings (SSSR count). The summed E-state index contributed by atoms with van der Waals surface area (Å²) in [6.45, 7) is 0. The maximum Gasteiger partial charge on any atom is 0.222 e. The van der Waals surface area contributed by atoms with Gasteiger partial charge in [-0.25, -0.2) is 10.4 Å². The number of hydrazone groups is 1. The molecule has 7 nitrogen and oxygen atoms in total. The summed E-state index contributed by atoms with van der Waals surface area (Å²) in [6, 6.07) is 11.4. The van der Waals surface area contributed by atoms with Crippen molar-refractivity contribution in [1.29, 1.82) is 0 Å². The van der Waals surface area contributed by atoms with Crippen LogP contribution in [0.25, 0.3) is 11.0 Å². The molecule has 124 valence electrons. The Morgan fingerprint density at radius 3 is 2.38 bits per heavy atom. The fraction of sp³-hybridized carbons (Fsp3) is 0.176. The largest absolute Gasteiger partial charge is 0.493 e. The second kappa shape index (κ2) is 6.91. The third-order valence-corrected chi connectivity index (χ3v) is 3.46. The van der Waals surface area contributed by atoms with Gasteiger partial charge in [0, 0.05) is 5.56 Å². The number of aromatic nitrogens is 2. The molecule has 0 spiro atoms. The number of aromatic amines is 1. The number of methoxy groups -OCH3 is 3. The van der Waals surface area contributed by atoms with Gasteiger partial charge in [0.05, 0.1) is 38.6 Å². The lowest BCUT2D eigenvalue weighted by Gasteiger charge is -2.12. The third kappa shape index (κ3) is 3.10. The van der Waals surface area contributed by atoms with Crippen LogP contribution in [0, 0.1) is 0 Å². The van der Waals surface area contributed by atoms with Crippen molar-refractivity contribution in [3.05, 3.63) is 42.0 Å². The monoisotopic (exact) mass is 326 g/mol. The number of ether oxygens (including phenoxy) is 3. The molecule has 0 atom stereocenters. The molecule has 1 heterocycles. The number of rotatable bonds is 6. The van der Waals surface area contributed by atoms with E-state index in [1.807, 2.05) is 36.4 Å². The molecule has 0 radical (unpaired) electrons. The standard InChI is InChI=1S/C17H18N4O3/c1-22-14-8-11(9-15(23-2)16(14)24-3)10-18-21-17-19-12-6-4-5-7-13(12)20-17/h4-10H,1-3H3,(H2,19,20,21)/b18-10+. The molecule has 0 saturated carbocycles. The number of anilines is 1. The highest BCUT2D eigenvalue weighted by atomic mass is 16.5. The predicted molar refractivity (Wildman–Crippen MR) is 93.4 cm³/mol. The van der Waals surface area contributed by atoms with Crippen molar-refractivity contribution in [1.82, 2.24) is 9.97 Å². The zero-order chi connectivity index (χ0) is 16.9. The molecular formula is C17H18N4O3. The lowest BCUT2D eigenvalue weighted by Crippen LogP contribution is -1.98. The highest BCUT2D eigenvalue weighted by Gasteiger charge is 2.12. The molecule has 3 aromatic rings. The summed E-state index contributed by atoms with van der Waals surface area (Å²) in [5, 5.41) is 4.19. The third-order valence-electron chi connectivity index (χ3n) is 3.46. The Labute approximate surface area is 139 Å². The van der Waals surface area contributed by atoms with Crippen LogP contribution in [0.5, 0.6) is 17.2 Å². The van der Waals surface area contributed by atoms with Crippen LogP contribution in [0.2, 0.25) is 0 Å². The van der Waals surface area contributed by atoms with E-state index in [2.05, 4.69) is 20.5 Å². The van der Waals surface area contributed by atoms with E-state index in [-0.39, 0.29) is 0 Å². The Balaban J connectivity index is 1.80. The molecule has 0 aliphatic rings. The van der Waals surface area contributed by atoms with Gasteiger partial charge >= 0.3 is 0 Å². The van der Waals surface area contributed by atoms with E-state index < -0.39 is 0 Å². The molecule has 0 aliphatic carbocycles. The number of benzene rings is 2. The number of imidazole rings is 1. The smallest absolute Gasteiger partial charge is 0.222 e. The van der Waals surface area contributed by atoms with Crippen LogP contribution in [-0.2, 0) is 0 Å². The van der Waals surface area contributed by atoms with E-state index in [1.165, 1.54) is 0 Å². The molecule has 2 aromatic carbocycles. The van der Waals surface area contributed by atoms with Gasteiger partial charge in [0.15, 0.2) is 11.5 Å². The Morgan fingerprint density at radius 2 is 1.75 bits per heavy atom. The van der Waals surface area contributed by atoms with Gasteiger partial charge in [-0.2, -0.15) is 5.10 Å². The number of hydrogen-bond acceptors (Lipinski definition) is 6. The van der Waals surface area contributed by atoms with Crippen molar-refractivity contribution in [3.63, 3.8) is 0 Å². The summed E-state index contributed by atoms with van der Waals surface area (Å²) in [5.41, 5.74) is 5.50. The van der Waals surface area contributed by atoms with Gasteiger partial charge in [-0.05, 0) is 24.3 Å². The molecule has 2 N–H and O–H groups in total. The number of nitrogens with zero attached hydrogens (tertiary/aromatic N) is 2. The zero-order valence-corrected chi connectivity index (χ0v) is 13.7. The number of hydrogen-bond donors (Lipinski definition) is 2. The first-order valence-corrected chi connectivity index (χ1v) is 7.29. The first-order chi connectivity index (χ1) is 11.7. The SMILES string of the molecule is COc1cc(/C=N/Nc2nc3ccccc3[nH]2)cc(OC)c1OC. The first kappa shape index (κ1) is 15.7. The van der Waals surface area contributed by atoms with Crippen LogP contribution < -0.4 is 19.6 Å². The lowest BCUT2D eigenvalue weighted by atomic mass is 10.2. The van der Waals surface area contributed by atoms with E-state index in [9.17, 15) is 0 Å². The maximum absolute atomic E-state index is 5.32. The molecule has 7 heteroatoms. The minimum absolute atomic E-state index is 0.544. The average molecular weight is 326 g/mol. The number of para-hydroxylation sites is 2. The number of nitrogens with one attached hydrogen (secondary N) is 2. The summed E-state index contributed by atoms with van der Waals surface area (Å²) in [7, 11) is 4.72. The highest BCUT2D eigenvalue weighted by Crippen LogP contribution is 2.37. The molecule has 0 bridgehead atoms. The zero-order valence-electron chi connectivity index (χ0n) is 13.7. The Kier molecular flexibility index (Phi) is 4.51. The molecule has 24 heavy (non-hydrogen) atoms. The van der Waals surface area contributed by atoms with E-state index >= 15 is 0 Å². The van der Waals surface area contributed by atoms with Gasteiger partial charge in [-0.3, -0.25) is 0 Å². The van der Waals surface area contributed by atoms with Crippen LogP contribution in [0.3, 0.4) is 0 Å². The molecular weight excluding hydrogens is 308 g/mol. The second-order valence-electron chi connectivity index (χ2n) is 4.93. The van der Waals surface area contributed by atoms with E-state index in [0.717, 1.165) is 16.6 Å². The molecule has 0 fully saturated rings. The van der Waals surface area contributed by atoms with Gasteiger partial charge in [0.1, 0.15) is 0 Å². The molecule has 0 amide bonds. The Morgan fingerprint density at radius 1 is 1.04 bits per heavy atom. The summed E-state index contributed by atoms with van der Waals surface area (Å²) in [4.78, 5) is 7.53. The normalized spacial score (nSPS) is 11.0. The Bertz CT molecular complexity index is 815. The van der Waals surface area contributed by atoms with E-state index in [0.29, 0.717) is 23.2 Å². The summed E-state index contributed by atoms with van der Waals surface area (Å²) in [5.74, 6) is 2.26. The topological polar surface area (TPSA) is 80.8 Å². The van der Waals surface area contributed by atoms with Crippen LogP contribution in [-0.4, -0.2) is 37.5 Å². The van der Waals surface area contributed by atoms with Crippen LogP contribution in [0.1, 0.15) is 5.56 Å². The minimum atomic E-state index is 0.544. The number of H-pyrrole nitrogens is 1. The molecule has 0 unspecified atom stereocenters. The van der Waals surface area contributed by atoms with Crippen LogP contribution in [0.15, 0.2) is 41.5 Å². The van der Waals surface area contributed by atoms with Gasteiger partial charge in [-0.15, -0.1) is 0 Å². The Hall–Kier alpha value is -3.22. The van der Waals surface area contributed by atoms with Gasteiger partial charge < -0.3 is 19.2 Å². The summed E-state index contributed by atoms with van der Waals surface area (Å²) in [6.07, 6.45) is 1.65. The number of fused-ring (bicyclic) bond motifs is 1. The van der Waals surface area contributed by atoms with Crippen molar-refractivity contribution >= 4 is 23.2 Å². The average Bonchev–Trinajstić information content (AvgIpc) is 3.03. The van der Waals surface area contributed by atoms with Crippen molar-refractivity contribution in [2.24, 2.45) is 5.10 Å². The van der Waals surface area contributed by atoms with Crippen molar-refractivity contribution in [2.45, 2.75) is 0 Å². The maximum atomic E-state index is 5.32. The predicted octanol–water partition coefficient (Wildman–Crippen LogP) is 3.03. The van der Waals surface area contributed by atoms with E-state index in [4.69, 9.17) is 14.2 Å². The second-order valence-corrected chi connectivity index (χ2v) is 4.93. The van der Waals surface area contributed by atoms with Gasteiger partial charge in [0.25, 0.3) is 0 Å². The fourth-order valence-electron chi connectivity index (χ4n) is 2.35. The van der Waals surface area contributed by atoms with Crippen LogP contribution >= 0.6 is 0 Å². The van der Waals surface area contributed by atoms with Gasteiger partial charge in [0.2, 0.25) is 11.7 Å². The van der Waals surface area contributed by atoms with Crippen LogP contribution in [0.4, 0.5) is 5.95 Å². The van der Waals surface area contributed by atoms with Crippen molar-refractivity contribution < 1.29 is 14.2 Å². The summed E-state index contributed by atoms with van der Waals surface area (Å²) >= 11 is 0. The lowest BCUT2D eigenvalue weighted by molar-refractivity contribution is 0.324. The highest BCUT2D eigenvalue weighted by molar-refractivity contribution is 5.83. The van der Waals surface area contributed by atoms with Crippen molar-refractivity contribution in [3.8, 4) is 17.2 Å². The molecule has 0 saturated heterocycles. The first-order valence-electron chi connectivity index (χ1n) is 7.29. The molecule has 0 aliphatic heterocycles. The van der Waals surface area contributed by atoms with Crippen molar-refractivity contribution in [2.75, 3.05) is 26.8 Å². The molecule has 1 aromatic heterocycles. The summed E-state index contributed by atoms with van der Waals surface area (Å²) < 4.78 is 15.9. The fourth-order valence-corrected chi connectivity index (χ4v) is 2.35. The quantitative estimate of drug-likeness (QED) is 0.537. The van der Waals surface area contributed by atoms with E-state index in [1.54, 1.807) is 27.5 Å². The van der Waals surface area contributed by atoms with Gasteiger partial charge in [-0.1, -0.05) is 12.1 Å².